The number of aromatic nitrogens is 2. The Morgan fingerprint density at radius 3 is 2.62 bits per heavy atom. The van der Waals surface area contributed by atoms with Crippen LogP contribution in [0.3, 0.4) is 0 Å². The Labute approximate surface area is 127 Å². The van der Waals surface area contributed by atoms with Gasteiger partial charge in [0.1, 0.15) is 0 Å². The molecule has 4 nitrogen and oxygen atoms in total. The highest BCUT2D eigenvalue weighted by atomic mass is 32.1. The Bertz CT molecular complexity index is 728. The van der Waals surface area contributed by atoms with E-state index in [0.29, 0.717) is 24.2 Å². The molecule has 2 heterocycles. The second kappa shape index (κ2) is 5.79. The quantitative estimate of drug-likeness (QED) is 0.789. The smallest absolute Gasteiger partial charge is 0.268 e. The summed E-state index contributed by atoms with van der Waals surface area (Å²) in [5, 5.41) is 6.15. The highest BCUT2D eigenvalue weighted by molar-refractivity contribution is 7.13. The summed E-state index contributed by atoms with van der Waals surface area (Å²) >= 11 is 1.63. The summed E-state index contributed by atoms with van der Waals surface area (Å²) in [5.41, 5.74) is 8.87. The lowest BCUT2D eigenvalue weighted by atomic mass is 10.0. The van der Waals surface area contributed by atoms with E-state index in [1.54, 1.807) is 11.3 Å². The van der Waals surface area contributed by atoms with Gasteiger partial charge in [-0.15, -0.1) is 11.3 Å². The van der Waals surface area contributed by atoms with Crippen LogP contribution in [0.15, 0.2) is 40.2 Å². The zero-order chi connectivity index (χ0) is 14.8. The molecular formula is C16H17N3OS. The first-order chi connectivity index (χ1) is 10.2. The van der Waals surface area contributed by atoms with Gasteiger partial charge in [-0.25, -0.2) is 0 Å². The molecule has 1 aromatic carbocycles. The summed E-state index contributed by atoms with van der Waals surface area (Å²) in [6.07, 6.45) is 0. The highest BCUT2D eigenvalue weighted by Crippen LogP contribution is 2.34. The van der Waals surface area contributed by atoms with Crippen LogP contribution < -0.4 is 5.73 Å². The van der Waals surface area contributed by atoms with Crippen LogP contribution in [0.1, 0.15) is 30.9 Å². The van der Waals surface area contributed by atoms with Crippen molar-refractivity contribution < 1.29 is 4.52 Å². The number of hydrogen-bond acceptors (Lipinski definition) is 5. The number of nitrogens with two attached hydrogens (primary N) is 1. The first-order valence-electron chi connectivity index (χ1n) is 6.90. The summed E-state index contributed by atoms with van der Waals surface area (Å²) in [7, 11) is 0. The zero-order valence-corrected chi connectivity index (χ0v) is 12.9. The minimum absolute atomic E-state index is 0.436. The van der Waals surface area contributed by atoms with E-state index in [0.717, 1.165) is 16.0 Å². The van der Waals surface area contributed by atoms with E-state index in [2.05, 4.69) is 35.4 Å². The molecule has 0 amide bonds. The van der Waals surface area contributed by atoms with Gasteiger partial charge in [-0.05, 0) is 28.5 Å². The van der Waals surface area contributed by atoms with E-state index < -0.39 is 0 Å². The van der Waals surface area contributed by atoms with E-state index in [1.165, 1.54) is 5.56 Å². The lowest BCUT2D eigenvalue weighted by Crippen LogP contribution is -1.95. The maximum atomic E-state index is 5.60. The summed E-state index contributed by atoms with van der Waals surface area (Å²) in [6.45, 7) is 4.85. The van der Waals surface area contributed by atoms with E-state index in [9.17, 15) is 0 Å². The topological polar surface area (TPSA) is 64.9 Å². The van der Waals surface area contributed by atoms with Crippen LogP contribution in [-0.2, 0) is 6.54 Å². The summed E-state index contributed by atoms with van der Waals surface area (Å²) in [4.78, 5) is 5.58. The summed E-state index contributed by atoms with van der Waals surface area (Å²) in [6, 6.07) is 10.0. The molecule has 0 spiro atoms. The highest BCUT2D eigenvalue weighted by Gasteiger charge is 2.17. The molecular weight excluding hydrogens is 282 g/mol. The van der Waals surface area contributed by atoms with Crippen molar-refractivity contribution in [1.29, 1.82) is 0 Å². The van der Waals surface area contributed by atoms with Crippen molar-refractivity contribution in [3.05, 3.63) is 46.8 Å². The first kappa shape index (κ1) is 14.0. The monoisotopic (exact) mass is 299 g/mol. The lowest BCUT2D eigenvalue weighted by Gasteiger charge is -2.02. The van der Waals surface area contributed by atoms with E-state index in [-0.39, 0.29) is 0 Å². The number of hydrogen-bond donors (Lipinski definition) is 1. The molecule has 2 N–H and O–H groups in total. The molecule has 21 heavy (non-hydrogen) atoms. The molecule has 0 radical (unpaired) electrons. The second-order valence-electron chi connectivity index (χ2n) is 5.18. The van der Waals surface area contributed by atoms with Crippen molar-refractivity contribution in [2.75, 3.05) is 0 Å². The van der Waals surface area contributed by atoms with Gasteiger partial charge in [0.2, 0.25) is 5.82 Å². The van der Waals surface area contributed by atoms with Gasteiger partial charge in [0.05, 0.1) is 4.88 Å². The maximum Gasteiger partial charge on any atom is 0.268 e. The van der Waals surface area contributed by atoms with Crippen molar-refractivity contribution in [2.24, 2.45) is 5.73 Å². The fourth-order valence-electron chi connectivity index (χ4n) is 2.17. The van der Waals surface area contributed by atoms with Gasteiger partial charge >= 0.3 is 0 Å². The average molecular weight is 299 g/mol. The molecule has 0 aliphatic heterocycles. The standard InChI is InChI=1S/C16H17N3OS/c1-10(2)13-7-8-21-14(13)16-18-15(19-20-16)12-5-3-11(9-17)4-6-12/h3-8,10H,9,17H2,1-2H3. The Kier molecular flexibility index (Phi) is 3.86. The number of thiophene rings is 1. The third kappa shape index (κ3) is 2.75. The van der Waals surface area contributed by atoms with Gasteiger partial charge in [-0.3, -0.25) is 0 Å². The van der Waals surface area contributed by atoms with E-state index in [4.69, 9.17) is 10.3 Å². The predicted octanol–water partition coefficient (Wildman–Crippen LogP) is 4.05. The Morgan fingerprint density at radius 2 is 1.95 bits per heavy atom. The Balaban J connectivity index is 1.94. The van der Waals surface area contributed by atoms with E-state index >= 15 is 0 Å². The molecule has 0 saturated heterocycles. The summed E-state index contributed by atoms with van der Waals surface area (Å²) in [5.74, 6) is 1.63. The van der Waals surface area contributed by atoms with Gasteiger partial charge in [-0.1, -0.05) is 43.3 Å². The zero-order valence-electron chi connectivity index (χ0n) is 12.0. The van der Waals surface area contributed by atoms with Gasteiger partial charge in [0.15, 0.2) is 0 Å². The van der Waals surface area contributed by atoms with Crippen LogP contribution in [0.2, 0.25) is 0 Å². The molecule has 0 unspecified atom stereocenters. The average Bonchev–Trinajstić information content (AvgIpc) is 3.16. The lowest BCUT2D eigenvalue weighted by molar-refractivity contribution is 0.432. The van der Waals surface area contributed by atoms with Crippen molar-refractivity contribution in [2.45, 2.75) is 26.3 Å². The van der Waals surface area contributed by atoms with Crippen LogP contribution in [0.5, 0.6) is 0 Å². The molecule has 3 aromatic rings. The third-order valence-corrected chi connectivity index (χ3v) is 4.30. The second-order valence-corrected chi connectivity index (χ2v) is 6.10. The SMILES string of the molecule is CC(C)c1ccsc1-c1nc(-c2ccc(CN)cc2)no1. The molecule has 0 aliphatic rings. The largest absolute Gasteiger partial charge is 0.333 e. The van der Waals surface area contributed by atoms with Crippen LogP contribution >= 0.6 is 11.3 Å². The summed E-state index contributed by atoms with van der Waals surface area (Å²) < 4.78 is 5.44. The molecule has 0 saturated carbocycles. The van der Waals surface area contributed by atoms with Crippen LogP contribution in [-0.4, -0.2) is 10.1 Å². The van der Waals surface area contributed by atoms with Crippen molar-refractivity contribution in [3.8, 4) is 22.2 Å². The van der Waals surface area contributed by atoms with Crippen LogP contribution in [0.25, 0.3) is 22.2 Å². The number of nitrogens with zero attached hydrogens (tertiary/aromatic N) is 2. The van der Waals surface area contributed by atoms with Crippen LogP contribution in [0, 0.1) is 0 Å². The molecule has 0 fully saturated rings. The van der Waals surface area contributed by atoms with Crippen molar-refractivity contribution in [1.82, 2.24) is 10.1 Å². The molecule has 0 aliphatic carbocycles. The van der Waals surface area contributed by atoms with Crippen molar-refractivity contribution in [3.63, 3.8) is 0 Å². The molecule has 0 bridgehead atoms. The number of benzene rings is 1. The fraction of sp³-hybridized carbons (Fsp3) is 0.250. The van der Waals surface area contributed by atoms with E-state index in [1.807, 2.05) is 24.3 Å². The molecule has 2 aromatic heterocycles. The van der Waals surface area contributed by atoms with Gasteiger partial charge in [0.25, 0.3) is 5.89 Å². The Morgan fingerprint density at radius 1 is 1.19 bits per heavy atom. The Hall–Kier alpha value is -1.98. The van der Waals surface area contributed by atoms with Gasteiger partial charge in [-0.2, -0.15) is 4.98 Å². The molecule has 3 rings (SSSR count). The minimum Gasteiger partial charge on any atom is -0.333 e. The number of rotatable bonds is 4. The third-order valence-electron chi connectivity index (χ3n) is 3.39. The molecule has 108 valence electrons. The molecule has 0 atom stereocenters. The molecule has 5 heteroatoms. The normalized spacial score (nSPS) is 11.2. The maximum absolute atomic E-state index is 5.60. The van der Waals surface area contributed by atoms with Crippen LogP contribution in [0.4, 0.5) is 0 Å². The first-order valence-corrected chi connectivity index (χ1v) is 7.78. The fourth-order valence-corrected chi connectivity index (χ4v) is 3.14. The van der Waals surface area contributed by atoms with Crippen molar-refractivity contribution >= 4 is 11.3 Å². The predicted molar refractivity (Wildman–Crippen MR) is 85.0 cm³/mol. The minimum atomic E-state index is 0.436. The van der Waals surface area contributed by atoms with Gasteiger partial charge < -0.3 is 10.3 Å². The van der Waals surface area contributed by atoms with Gasteiger partial charge in [0, 0.05) is 12.1 Å².